The first kappa shape index (κ1) is 21.3. The van der Waals surface area contributed by atoms with Crippen molar-refractivity contribution in [2.75, 3.05) is 31.6 Å². The Balaban J connectivity index is 1.68. The first-order valence-corrected chi connectivity index (χ1v) is 9.42. The molecular weight excluding hydrogens is 409 g/mol. The number of nitrogens with zero attached hydrogens (tertiary/aromatic N) is 1. The molecule has 0 aromatic heterocycles. The van der Waals surface area contributed by atoms with Gasteiger partial charge in [0.2, 0.25) is 5.91 Å². The number of hydrogen-bond acceptors (Lipinski definition) is 4. The maximum Gasteiger partial charge on any atom is 0.418 e. The minimum atomic E-state index is -4.55. The smallest absolute Gasteiger partial charge is 0.418 e. The molecule has 5 nitrogen and oxygen atoms in total. The first-order chi connectivity index (χ1) is 13.8. The van der Waals surface area contributed by atoms with Crippen molar-refractivity contribution in [2.24, 2.45) is 0 Å². The lowest BCUT2D eigenvalue weighted by molar-refractivity contribution is -0.137. The number of alkyl halides is 3. The van der Waals surface area contributed by atoms with E-state index in [-0.39, 0.29) is 12.2 Å². The topological polar surface area (TPSA) is 50.8 Å². The number of amides is 1. The van der Waals surface area contributed by atoms with E-state index in [2.05, 4.69) is 5.32 Å². The van der Waals surface area contributed by atoms with Crippen molar-refractivity contribution in [3.8, 4) is 11.5 Å². The van der Waals surface area contributed by atoms with Gasteiger partial charge in [-0.05, 0) is 36.4 Å². The van der Waals surface area contributed by atoms with Crippen LogP contribution in [0.15, 0.2) is 36.4 Å². The Morgan fingerprint density at radius 2 is 1.93 bits per heavy atom. The molecule has 0 aliphatic carbocycles. The van der Waals surface area contributed by atoms with Crippen LogP contribution in [0, 0.1) is 0 Å². The van der Waals surface area contributed by atoms with Crippen LogP contribution < -0.4 is 14.8 Å². The second-order valence-electron chi connectivity index (χ2n) is 6.50. The van der Waals surface area contributed by atoms with Crippen molar-refractivity contribution >= 4 is 23.2 Å². The van der Waals surface area contributed by atoms with Gasteiger partial charge < -0.3 is 14.8 Å². The van der Waals surface area contributed by atoms with Crippen molar-refractivity contribution in [3.63, 3.8) is 0 Å². The number of likely N-dealkylation sites (N-methyl/N-ethyl adjacent to an activating group) is 1. The van der Waals surface area contributed by atoms with Crippen LogP contribution in [0.1, 0.15) is 18.1 Å². The molecule has 1 aliphatic rings. The Labute approximate surface area is 171 Å². The summed E-state index contributed by atoms with van der Waals surface area (Å²) < 4.78 is 50.3. The quantitative estimate of drug-likeness (QED) is 0.731. The Morgan fingerprint density at radius 3 is 2.66 bits per heavy atom. The summed E-state index contributed by atoms with van der Waals surface area (Å²) in [5.74, 6) is 0.497. The molecule has 0 atom stereocenters. The zero-order chi connectivity index (χ0) is 21.0. The van der Waals surface area contributed by atoms with Gasteiger partial charge in [0.05, 0.1) is 22.8 Å². The molecule has 1 heterocycles. The normalized spacial score (nSPS) is 13.4. The minimum absolute atomic E-state index is 0.0747. The van der Waals surface area contributed by atoms with Crippen LogP contribution in [0.2, 0.25) is 5.02 Å². The number of halogens is 4. The van der Waals surface area contributed by atoms with E-state index < -0.39 is 17.6 Å². The molecule has 0 fully saturated rings. The molecule has 1 amide bonds. The Morgan fingerprint density at radius 1 is 1.21 bits per heavy atom. The van der Waals surface area contributed by atoms with Crippen LogP contribution in [0.25, 0.3) is 0 Å². The highest BCUT2D eigenvalue weighted by Crippen LogP contribution is 2.38. The third kappa shape index (κ3) is 5.33. The lowest BCUT2D eigenvalue weighted by Crippen LogP contribution is -2.33. The van der Waals surface area contributed by atoms with E-state index in [0.29, 0.717) is 42.8 Å². The van der Waals surface area contributed by atoms with E-state index in [0.717, 1.165) is 11.6 Å². The van der Waals surface area contributed by atoms with E-state index in [1.165, 1.54) is 18.2 Å². The molecule has 0 spiro atoms. The minimum Gasteiger partial charge on any atom is -0.486 e. The summed E-state index contributed by atoms with van der Waals surface area (Å²) in [5, 5.41) is 2.77. The number of rotatable bonds is 6. The first-order valence-electron chi connectivity index (χ1n) is 9.04. The summed E-state index contributed by atoms with van der Waals surface area (Å²) in [6.07, 6.45) is -4.55. The highest BCUT2D eigenvalue weighted by molar-refractivity contribution is 6.32. The van der Waals surface area contributed by atoms with Crippen LogP contribution in [0.5, 0.6) is 11.5 Å². The zero-order valence-corrected chi connectivity index (χ0v) is 16.4. The maximum absolute atomic E-state index is 13.1. The zero-order valence-electron chi connectivity index (χ0n) is 15.7. The average molecular weight is 429 g/mol. The van der Waals surface area contributed by atoms with Crippen LogP contribution >= 0.6 is 11.6 Å². The third-order valence-electron chi connectivity index (χ3n) is 4.38. The van der Waals surface area contributed by atoms with Gasteiger partial charge in [-0.3, -0.25) is 9.69 Å². The van der Waals surface area contributed by atoms with Crippen LogP contribution in [-0.4, -0.2) is 37.1 Å². The summed E-state index contributed by atoms with van der Waals surface area (Å²) in [6.45, 7) is 3.52. The van der Waals surface area contributed by atoms with Crippen LogP contribution in [-0.2, 0) is 17.5 Å². The summed E-state index contributed by atoms with van der Waals surface area (Å²) >= 11 is 6.24. The number of para-hydroxylation sites is 1. The van der Waals surface area contributed by atoms with Crippen molar-refractivity contribution in [1.82, 2.24) is 4.90 Å². The number of fused-ring (bicyclic) bond motifs is 1. The summed E-state index contributed by atoms with van der Waals surface area (Å²) in [6, 6.07) is 8.42. The fourth-order valence-electron chi connectivity index (χ4n) is 3.03. The van der Waals surface area contributed by atoms with Gasteiger partial charge in [0.1, 0.15) is 13.2 Å². The van der Waals surface area contributed by atoms with Gasteiger partial charge in [0, 0.05) is 6.54 Å². The Hall–Kier alpha value is -2.45. The summed E-state index contributed by atoms with van der Waals surface area (Å²) in [7, 11) is 0. The number of nitrogens with one attached hydrogen (secondary N) is 1. The van der Waals surface area contributed by atoms with E-state index >= 15 is 0 Å². The van der Waals surface area contributed by atoms with Gasteiger partial charge in [0.15, 0.2) is 11.5 Å². The van der Waals surface area contributed by atoms with Gasteiger partial charge in [-0.15, -0.1) is 0 Å². The number of ether oxygens (including phenoxy) is 2. The number of hydrogen-bond donors (Lipinski definition) is 1. The fourth-order valence-corrected chi connectivity index (χ4v) is 3.31. The Kier molecular flexibility index (Phi) is 6.54. The molecular formula is C20H20ClF3N2O3. The Bertz CT molecular complexity index is 890. The molecule has 0 radical (unpaired) electrons. The van der Waals surface area contributed by atoms with Crippen molar-refractivity contribution in [2.45, 2.75) is 19.6 Å². The molecule has 0 saturated carbocycles. The van der Waals surface area contributed by atoms with Gasteiger partial charge in [-0.1, -0.05) is 30.7 Å². The average Bonchev–Trinajstić information content (AvgIpc) is 2.67. The SMILES string of the molecule is CCN(CC(=O)Nc1ccccc1C(F)(F)F)Cc1cc(Cl)c2c(c1)OCCO2. The van der Waals surface area contributed by atoms with E-state index in [1.807, 2.05) is 6.92 Å². The molecule has 2 aromatic carbocycles. The molecule has 29 heavy (non-hydrogen) atoms. The predicted octanol–water partition coefficient (Wildman–Crippen LogP) is 4.59. The number of anilines is 1. The molecule has 2 aromatic rings. The third-order valence-corrected chi connectivity index (χ3v) is 4.66. The number of benzene rings is 2. The fraction of sp³-hybridized carbons (Fsp3) is 0.350. The molecule has 1 N–H and O–H groups in total. The highest BCUT2D eigenvalue weighted by atomic mass is 35.5. The lowest BCUT2D eigenvalue weighted by atomic mass is 10.1. The number of carbonyl (C=O) groups is 1. The number of carbonyl (C=O) groups excluding carboxylic acids is 1. The molecule has 0 bridgehead atoms. The van der Waals surface area contributed by atoms with Gasteiger partial charge in [0.25, 0.3) is 0 Å². The summed E-state index contributed by atoms with van der Waals surface area (Å²) in [4.78, 5) is 14.1. The summed E-state index contributed by atoms with van der Waals surface area (Å²) in [5.41, 5.74) is -0.331. The van der Waals surface area contributed by atoms with Crippen molar-refractivity contribution < 1.29 is 27.4 Å². The van der Waals surface area contributed by atoms with E-state index in [9.17, 15) is 18.0 Å². The molecule has 0 saturated heterocycles. The molecule has 156 valence electrons. The second kappa shape index (κ2) is 8.92. The van der Waals surface area contributed by atoms with Gasteiger partial charge in [-0.2, -0.15) is 13.2 Å². The van der Waals surface area contributed by atoms with Crippen molar-refractivity contribution in [3.05, 3.63) is 52.5 Å². The lowest BCUT2D eigenvalue weighted by Gasteiger charge is -2.23. The van der Waals surface area contributed by atoms with Crippen molar-refractivity contribution in [1.29, 1.82) is 0 Å². The van der Waals surface area contributed by atoms with Crippen LogP contribution in [0.3, 0.4) is 0 Å². The van der Waals surface area contributed by atoms with E-state index in [4.69, 9.17) is 21.1 Å². The predicted molar refractivity (Wildman–Crippen MR) is 103 cm³/mol. The highest BCUT2D eigenvalue weighted by Gasteiger charge is 2.33. The maximum atomic E-state index is 13.1. The molecule has 9 heteroatoms. The van der Waals surface area contributed by atoms with Gasteiger partial charge >= 0.3 is 6.18 Å². The van der Waals surface area contributed by atoms with Gasteiger partial charge in [-0.25, -0.2) is 0 Å². The molecule has 3 rings (SSSR count). The molecule has 0 unspecified atom stereocenters. The van der Waals surface area contributed by atoms with Crippen LogP contribution in [0.4, 0.5) is 18.9 Å². The standard InChI is InChI=1S/C20H20ClF3N2O3/c1-2-26(11-13-9-15(21)19-17(10-13)28-7-8-29-19)12-18(27)25-16-6-4-3-5-14(16)20(22,23)24/h3-6,9-10H,2,7-8,11-12H2,1H3,(H,25,27). The molecule has 1 aliphatic heterocycles. The van der Waals surface area contributed by atoms with E-state index in [1.54, 1.807) is 17.0 Å². The largest absolute Gasteiger partial charge is 0.486 e. The second-order valence-corrected chi connectivity index (χ2v) is 6.90. The monoisotopic (exact) mass is 428 g/mol.